The first-order valence-electron chi connectivity index (χ1n) is 6.21. The number of nitrogens with one attached hydrogen (secondary N) is 1. The van der Waals surface area contributed by atoms with Gasteiger partial charge in [-0.2, -0.15) is 0 Å². The number of carboxylic acids is 1. The summed E-state index contributed by atoms with van der Waals surface area (Å²) < 4.78 is 5.37. The fourth-order valence-corrected chi connectivity index (χ4v) is 1.82. The van der Waals surface area contributed by atoms with Crippen LogP contribution in [-0.4, -0.2) is 21.0 Å². The predicted octanol–water partition coefficient (Wildman–Crippen LogP) is 2.46. The Kier molecular flexibility index (Phi) is 4.17. The second-order valence-electron chi connectivity index (χ2n) is 4.19. The average Bonchev–Trinajstić information content (AvgIpc) is 2.92. The first kappa shape index (κ1) is 14.5. The van der Waals surface area contributed by atoms with E-state index in [1.807, 2.05) is 6.92 Å². The summed E-state index contributed by atoms with van der Waals surface area (Å²) in [7, 11) is 0. The number of nitro groups is 1. The number of aromatic nitrogens is 1. The van der Waals surface area contributed by atoms with Gasteiger partial charge >= 0.3 is 11.7 Å². The molecule has 1 aromatic carbocycles. The summed E-state index contributed by atoms with van der Waals surface area (Å²) in [6.45, 7) is 2.04. The molecule has 1 heterocycles. The number of hydrogen-bond donors (Lipinski definition) is 2. The van der Waals surface area contributed by atoms with E-state index in [0.29, 0.717) is 18.1 Å². The molecule has 0 bridgehead atoms. The van der Waals surface area contributed by atoms with Crippen molar-refractivity contribution in [1.82, 2.24) is 4.98 Å². The molecule has 0 aliphatic carbocycles. The number of benzene rings is 1. The van der Waals surface area contributed by atoms with Gasteiger partial charge in [0, 0.05) is 6.42 Å². The molecule has 8 nitrogen and oxygen atoms in total. The Morgan fingerprint density at radius 3 is 2.86 bits per heavy atom. The lowest BCUT2D eigenvalue weighted by Gasteiger charge is -2.06. The van der Waals surface area contributed by atoms with Crippen LogP contribution in [0.15, 0.2) is 28.8 Å². The summed E-state index contributed by atoms with van der Waals surface area (Å²) in [5.74, 6) is -0.266. The predicted molar refractivity (Wildman–Crippen MR) is 73.3 cm³/mol. The zero-order chi connectivity index (χ0) is 15.4. The van der Waals surface area contributed by atoms with Gasteiger partial charge in [0.25, 0.3) is 0 Å². The zero-order valence-corrected chi connectivity index (χ0v) is 11.2. The fourth-order valence-electron chi connectivity index (χ4n) is 1.82. The Balaban J connectivity index is 2.25. The Labute approximate surface area is 119 Å². The van der Waals surface area contributed by atoms with Crippen molar-refractivity contribution in [3.05, 3.63) is 51.7 Å². The minimum atomic E-state index is -1.35. The molecule has 1 aromatic heterocycles. The molecule has 2 aromatic rings. The van der Waals surface area contributed by atoms with Crippen molar-refractivity contribution in [3.63, 3.8) is 0 Å². The van der Waals surface area contributed by atoms with E-state index < -0.39 is 16.6 Å². The summed E-state index contributed by atoms with van der Waals surface area (Å²) >= 11 is 0. The first-order chi connectivity index (χ1) is 10.0. The number of oxazole rings is 1. The van der Waals surface area contributed by atoms with E-state index in [1.54, 1.807) is 6.20 Å². The Hall–Kier alpha value is -2.90. The molecule has 0 radical (unpaired) electrons. The molecule has 0 aliphatic rings. The van der Waals surface area contributed by atoms with E-state index in [9.17, 15) is 14.9 Å². The van der Waals surface area contributed by atoms with Crippen molar-refractivity contribution >= 4 is 17.3 Å². The summed E-state index contributed by atoms with van der Waals surface area (Å²) in [6, 6.07) is 4.06. The normalized spacial score (nSPS) is 10.3. The number of anilines is 1. The fraction of sp³-hybridized carbons (Fsp3) is 0.231. The van der Waals surface area contributed by atoms with Crippen LogP contribution < -0.4 is 5.32 Å². The molecule has 0 saturated carbocycles. The monoisotopic (exact) mass is 291 g/mol. The van der Waals surface area contributed by atoms with Crippen LogP contribution in [0.4, 0.5) is 11.4 Å². The number of carbonyl (C=O) groups is 1. The molecule has 0 saturated heterocycles. The molecule has 8 heteroatoms. The van der Waals surface area contributed by atoms with Crippen LogP contribution in [0.2, 0.25) is 0 Å². The van der Waals surface area contributed by atoms with Crippen molar-refractivity contribution in [2.24, 2.45) is 0 Å². The molecule has 0 fully saturated rings. The quantitative estimate of drug-likeness (QED) is 0.619. The number of aryl methyl sites for hydroxylation is 1. The second-order valence-corrected chi connectivity index (χ2v) is 4.19. The third-order valence-electron chi connectivity index (χ3n) is 2.83. The van der Waals surface area contributed by atoms with Gasteiger partial charge < -0.3 is 14.8 Å². The highest BCUT2D eigenvalue weighted by molar-refractivity contribution is 5.95. The van der Waals surface area contributed by atoms with Gasteiger partial charge in [0.15, 0.2) is 0 Å². The molecule has 0 atom stereocenters. The van der Waals surface area contributed by atoms with Crippen LogP contribution in [0.1, 0.15) is 28.9 Å². The summed E-state index contributed by atoms with van der Waals surface area (Å²) in [4.78, 5) is 25.4. The van der Waals surface area contributed by atoms with Crippen molar-refractivity contribution in [2.45, 2.75) is 19.9 Å². The van der Waals surface area contributed by atoms with Gasteiger partial charge in [-0.1, -0.05) is 13.0 Å². The third-order valence-corrected chi connectivity index (χ3v) is 2.83. The average molecular weight is 291 g/mol. The Morgan fingerprint density at radius 2 is 2.29 bits per heavy atom. The lowest BCUT2D eigenvalue weighted by atomic mass is 10.1. The molecular formula is C13H13N3O5. The summed E-state index contributed by atoms with van der Waals surface area (Å²) in [6.07, 6.45) is 2.28. The molecule has 0 spiro atoms. The summed E-state index contributed by atoms with van der Waals surface area (Å²) in [5.41, 5.74) is -0.741. The van der Waals surface area contributed by atoms with E-state index >= 15 is 0 Å². The molecular weight excluding hydrogens is 278 g/mol. The number of para-hydroxylation sites is 1. The second kappa shape index (κ2) is 6.04. The molecule has 2 rings (SSSR count). The lowest BCUT2D eigenvalue weighted by molar-refractivity contribution is -0.384. The van der Waals surface area contributed by atoms with Crippen LogP contribution >= 0.6 is 0 Å². The van der Waals surface area contributed by atoms with Gasteiger partial charge in [-0.15, -0.1) is 0 Å². The maximum absolute atomic E-state index is 11.1. The lowest BCUT2D eigenvalue weighted by Crippen LogP contribution is -2.08. The zero-order valence-electron chi connectivity index (χ0n) is 11.2. The number of carboxylic acid groups (broad SMARTS) is 1. The molecule has 0 amide bonds. The Bertz CT molecular complexity index is 680. The van der Waals surface area contributed by atoms with E-state index in [-0.39, 0.29) is 17.8 Å². The minimum absolute atomic E-state index is 0.108. The maximum atomic E-state index is 11.1. The van der Waals surface area contributed by atoms with Crippen LogP contribution in [0.25, 0.3) is 0 Å². The van der Waals surface area contributed by atoms with Crippen LogP contribution in [0.5, 0.6) is 0 Å². The van der Waals surface area contributed by atoms with Gasteiger partial charge in [0.2, 0.25) is 5.89 Å². The van der Waals surface area contributed by atoms with Crippen molar-refractivity contribution in [2.75, 3.05) is 5.32 Å². The van der Waals surface area contributed by atoms with Gasteiger partial charge in [0.1, 0.15) is 17.0 Å². The number of nitro benzene ring substituents is 1. The molecule has 0 aliphatic heterocycles. The molecule has 0 unspecified atom stereocenters. The molecule has 2 N–H and O–H groups in total. The molecule has 21 heavy (non-hydrogen) atoms. The standard InChI is InChI=1S/C13H13N3O5/c1-2-8-6-15-11(21-8)7-14-10-5-3-4-9(13(17)18)12(10)16(19)20/h3-6,14H,2,7H2,1H3,(H,17,18). The van der Waals surface area contributed by atoms with E-state index in [1.165, 1.54) is 18.2 Å². The van der Waals surface area contributed by atoms with Gasteiger partial charge in [-0.3, -0.25) is 10.1 Å². The summed E-state index contributed by atoms with van der Waals surface area (Å²) in [5, 5.41) is 22.9. The largest absolute Gasteiger partial charge is 0.477 e. The van der Waals surface area contributed by atoms with Crippen LogP contribution in [0.3, 0.4) is 0 Å². The Morgan fingerprint density at radius 1 is 1.52 bits per heavy atom. The maximum Gasteiger partial charge on any atom is 0.342 e. The SMILES string of the molecule is CCc1cnc(CNc2cccc(C(=O)O)c2[N+](=O)[O-])o1. The van der Waals surface area contributed by atoms with Gasteiger partial charge in [-0.05, 0) is 12.1 Å². The van der Waals surface area contributed by atoms with E-state index in [2.05, 4.69) is 10.3 Å². The van der Waals surface area contributed by atoms with Gasteiger partial charge in [0.05, 0.1) is 17.7 Å². The third kappa shape index (κ3) is 3.16. The number of rotatable bonds is 6. The van der Waals surface area contributed by atoms with Crippen molar-refractivity contribution < 1.29 is 19.2 Å². The van der Waals surface area contributed by atoms with Crippen LogP contribution in [0, 0.1) is 10.1 Å². The highest BCUT2D eigenvalue weighted by Gasteiger charge is 2.24. The minimum Gasteiger partial charge on any atom is -0.477 e. The number of nitrogens with zero attached hydrogens (tertiary/aromatic N) is 2. The highest BCUT2D eigenvalue weighted by Crippen LogP contribution is 2.29. The molecule has 110 valence electrons. The van der Waals surface area contributed by atoms with E-state index in [4.69, 9.17) is 9.52 Å². The topological polar surface area (TPSA) is 119 Å². The number of aromatic carboxylic acids is 1. The van der Waals surface area contributed by atoms with E-state index in [0.717, 1.165) is 0 Å². The first-order valence-corrected chi connectivity index (χ1v) is 6.21. The van der Waals surface area contributed by atoms with Crippen molar-refractivity contribution in [1.29, 1.82) is 0 Å². The van der Waals surface area contributed by atoms with Gasteiger partial charge in [-0.25, -0.2) is 9.78 Å². The smallest absolute Gasteiger partial charge is 0.342 e. The van der Waals surface area contributed by atoms with Crippen LogP contribution in [-0.2, 0) is 13.0 Å². The van der Waals surface area contributed by atoms with Crippen molar-refractivity contribution in [3.8, 4) is 0 Å². The number of hydrogen-bond acceptors (Lipinski definition) is 6. The highest BCUT2D eigenvalue weighted by atomic mass is 16.6.